The largest absolute Gasteiger partial charge is 0.490 e. The molecule has 0 aliphatic carbocycles. The molecule has 0 bridgehead atoms. The summed E-state index contributed by atoms with van der Waals surface area (Å²) in [4.78, 5) is 25.8. The Morgan fingerprint density at radius 2 is 1.86 bits per heavy atom. The first kappa shape index (κ1) is 21.6. The van der Waals surface area contributed by atoms with Crippen LogP contribution in [0.4, 0.5) is 9.18 Å². The molecule has 2 aromatic rings. The van der Waals surface area contributed by atoms with Crippen LogP contribution in [0, 0.1) is 9.39 Å². The number of imide groups is 1. The monoisotopic (exact) mass is 527 g/mol. The number of rotatable bonds is 7. The fourth-order valence-corrected chi connectivity index (χ4v) is 4.42. The minimum atomic E-state index is -0.296. The molecule has 0 aromatic heterocycles. The Hall–Kier alpha value is -2.07. The molecular formula is C21H19FINO4S. The summed E-state index contributed by atoms with van der Waals surface area (Å²) in [5, 5.41) is -0.261. The van der Waals surface area contributed by atoms with E-state index in [0.717, 1.165) is 26.5 Å². The van der Waals surface area contributed by atoms with Gasteiger partial charge in [-0.3, -0.25) is 14.5 Å². The molecule has 5 nitrogen and oxygen atoms in total. The van der Waals surface area contributed by atoms with E-state index in [-0.39, 0.29) is 23.6 Å². The quantitative estimate of drug-likeness (QED) is 0.354. The molecule has 8 heteroatoms. The van der Waals surface area contributed by atoms with Crippen molar-refractivity contribution >= 4 is 51.6 Å². The van der Waals surface area contributed by atoms with Crippen LogP contribution in [-0.4, -0.2) is 29.2 Å². The maximum Gasteiger partial charge on any atom is 0.293 e. The lowest BCUT2D eigenvalue weighted by Gasteiger charge is -2.15. The number of benzene rings is 2. The first-order valence-electron chi connectivity index (χ1n) is 9.01. The second-order valence-corrected chi connectivity index (χ2v) is 8.26. The highest BCUT2D eigenvalue weighted by molar-refractivity contribution is 14.1. The maximum absolute atomic E-state index is 13.1. The van der Waals surface area contributed by atoms with Crippen LogP contribution in [0.2, 0.25) is 0 Å². The number of amides is 2. The van der Waals surface area contributed by atoms with Gasteiger partial charge in [-0.25, -0.2) is 4.39 Å². The highest BCUT2D eigenvalue weighted by Gasteiger charge is 2.33. The number of ether oxygens (including phenoxy) is 2. The third kappa shape index (κ3) is 5.11. The van der Waals surface area contributed by atoms with E-state index in [2.05, 4.69) is 22.6 Å². The van der Waals surface area contributed by atoms with Crippen LogP contribution in [-0.2, 0) is 11.4 Å². The summed E-state index contributed by atoms with van der Waals surface area (Å²) in [6, 6.07) is 9.76. The van der Waals surface area contributed by atoms with Gasteiger partial charge in [-0.2, -0.15) is 0 Å². The number of hydrogen-bond acceptors (Lipinski definition) is 5. The van der Waals surface area contributed by atoms with Gasteiger partial charge in [0.25, 0.3) is 11.1 Å². The van der Waals surface area contributed by atoms with Crippen molar-refractivity contribution in [2.45, 2.75) is 20.5 Å². The van der Waals surface area contributed by atoms with Crippen molar-refractivity contribution in [1.82, 2.24) is 4.90 Å². The smallest absolute Gasteiger partial charge is 0.293 e. The van der Waals surface area contributed by atoms with Crippen molar-refractivity contribution in [2.24, 2.45) is 0 Å². The van der Waals surface area contributed by atoms with Gasteiger partial charge in [0.05, 0.1) is 15.1 Å². The molecule has 29 heavy (non-hydrogen) atoms. The van der Waals surface area contributed by atoms with Crippen molar-refractivity contribution < 1.29 is 23.5 Å². The summed E-state index contributed by atoms with van der Waals surface area (Å²) >= 11 is 3.08. The lowest BCUT2D eigenvalue weighted by molar-refractivity contribution is -0.122. The standard InChI is InChI=1S/C21H19FINO4S/c1-3-24-20(25)18(29-21(24)26)11-14-9-16(23)19(17(10-14)27-4-2)28-12-13-5-7-15(22)8-6-13/h5-11H,3-4,12H2,1-2H3/b18-11+. The second kappa shape index (κ2) is 9.62. The van der Waals surface area contributed by atoms with Crippen LogP contribution in [0.3, 0.4) is 0 Å². The Labute approximate surface area is 186 Å². The first-order chi connectivity index (χ1) is 13.9. The Bertz CT molecular complexity index is 962. The fraction of sp³-hybridized carbons (Fsp3) is 0.238. The highest BCUT2D eigenvalue weighted by Crippen LogP contribution is 2.37. The van der Waals surface area contributed by atoms with Gasteiger partial charge < -0.3 is 9.47 Å². The van der Waals surface area contributed by atoms with E-state index < -0.39 is 0 Å². The zero-order chi connectivity index (χ0) is 21.0. The molecular weight excluding hydrogens is 508 g/mol. The lowest BCUT2D eigenvalue weighted by atomic mass is 10.1. The zero-order valence-corrected chi connectivity index (χ0v) is 18.9. The molecule has 0 unspecified atom stereocenters. The van der Waals surface area contributed by atoms with Gasteiger partial charge in [0, 0.05) is 6.54 Å². The van der Waals surface area contributed by atoms with Crippen LogP contribution in [0.1, 0.15) is 25.0 Å². The molecule has 1 heterocycles. The Morgan fingerprint density at radius 1 is 1.14 bits per heavy atom. The molecule has 0 spiro atoms. The predicted molar refractivity (Wildman–Crippen MR) is 119 cm³/mol. The topological polar surface area (TPSA) is 55.8 Å². The summed E-state index contributed by atoms with van der Waals surface area (Å²) in [5.41, 5.74) is 1.58. The van der Waals surface area contributed by atoms with Gasteiger partial charge in [0.2, 0.25) is 0 Å². The number of halogens is 2. The van der Waals surface area contributed by atoms with Gasteiger partial charge >= 0.3 is 0 Å². The van der Waals surface area contributed by atoms with Crippen LogP contribution in [0.15, 0.2) is 41.3 Å². The SMILES string of the molecule is CCOc1cc(/C=C2/SC(=O)N(CC)C2=O)cc(I)c1OCc1ccc(F)cc1. The molecule has 152 valence electrons. The molecule has 2 amide bonds. The van der Waals surface area contributed by atoms with E-state index in [9.17, 15) is 14.0 Å². The average Bonchev–Trinajstić information content (AvgIpc) is 2.95. The van der Waals surface area contributed by atoms with E-state index in [1.807, 2.05) is 13.0 Å². The lowest BCUT2D eigenvalue weighted by Crippen LogP contribution is -2.27. The minimum Gasteiger partial charge on any atom is -0.490 e. The Morgan fingerprint density at radius 3 is 2.48 bits per heavy atom. The Balaban J connectivity index is 1.86. The molecule has 0 N–H and O–H groups in total. The van der Waals surface area contributed by atoms with E-state index >= 15 is 0 Å². The highest BCUT2D eigenvalue weighted by atomic mass is 127. The van der Waals surface area contributed by atoms with Gasteiger partial charge in [0.1, 0.15) is 12.4 Å². The van der Waals surface area contributed by atoms with Crippen molar-refractivity contribution in [1.29, 1.82) is 0 Å². The van der Waals surface area contributed by atoms with Gasteiger partial charge in [-0.15, -0.1) is 0 Å². The van der Waals surface area contributed by atoms with Gasteiger partial charge in [0.15, 0.2) is 11.5 Å². The molecule has 0 saturated carbocycles. The normalized spacial score (nSPS) is 15.3. The molecule has 3 rings (SSSR count). The molecule has 0 radical (unpaired) electrons. The fourth-order valence-electron chi connectivity index (χ4n) is 2.73. The van der Waals surface area contributed by atoms with Crippen LogP contribution in [0.5, 0.6) is 11.5 Å². The van der Waals surface area contributed by atoms with Crippen molar-refractivity contribution in [3.63, 3.8) is 0 Å². The number of nitrogens with zero attached hydrogens (tertiary/aromatic N) is 1. The third-order valence-electron chi connectivity index (χ3n) is 4.12. The average molecular weight is 527 g/mol. The van der Waals surface area contributed by atoms with Crippen molar-refractivity contribution in [3.05, 3.63) is 61.8 Å². The third-order valence-corrected chi connectivity index (χ3v) is 5.82. The van der Waals surface area contributed by atoms with E-state index in [1.54, 1.807) is 31.2 Å². The van der Waals surface area contributed by atoms with E-state index in [4.69, 9.17) is 9.47 Å². The minimum absolute atomic E-state index is 0.261. The first-order valence-corrected chi connectivity index (χ1v) is 10.9. The summed E-state index contributed by atoms with van der Waals surface area (Å²) in [6.07, 6.45) is 1.69. The zero-order valence-electron chi connectivity index (χ0n) is 15.9. The van der Waals surface area contributed by atoms with Gasteiger partial charge in [-0.1, -0.05) is 12.1 Å². The summed E-state index contributed by atoms with van der Waals surface area (Å²) in [5.74, 6) is 0.542. The number of thioether (sulfide) groups is 1. The molecule has 1 saturated heterocycles. The summed E-state index contributed by atoms with van der Waals surface area (Å²) in [7, 11) is 0. The molecule has 1 aliphatic rings. The molecule has 1 fully saturated rings. The number of hydrogen-bond donors (Lipinski definition) is 0. The van der Waals surface area contributed by atoms with E-state index in [1.165, 1.54) is 17.0 Å². The van der Waals surface area contributed by atoms with E-state index in [0.29, 0.717) is 29.6 Å². The van der Waals surface area contributed by atoms with Crippen molar-refractivity contribution in [2.75, 3.05) is 13.2 Å². The summed E-state index contributed by atoms with van der Waals surface area (Å²) < 4.78 is 25.5. The van der Waals surface area contributed by atoms with Crippen LogP contribution in [0.25, 0.3) is 6.08 Å². The predicted octanol–water partition coefficient (Wildman–Crippen LogP) is 5.46. The number of carbonyl (C=O) groups excluding carboxylic acids is 2. The summed E-state index contributed by atoms with van der Waals surface area (Å²) in [6.45, 7) is 4.70. The molecule has 1 aliphatic heterocycles. The number of likely N-dealkylation sites (N-methyl/N-ethyl adjacent to an activating group) is 1. The maximum atomic E-state index is 13.1. The molecule has 2 aromatic carbocycles. The van der Waals surface area contributed by atoms with Crippen LogP contribution >= 0.6 is 34.4 Å². The Kier molecular flexibility index (Phi) is 7.18. The van der Waals surface area contributed by atoms with Crippen molar-refractivity contribution in [3.8, 4) is 11.5 Å². The van der Waals surface area contributed by atoms with Crippen LogP contribution < -0.4 is 9.47 Å². The second-order valence-electron chi connectivity index (χ2n) is 6.10. The van der Waals surface area contributed by atoms with Gasteiger partial charge in [-0.05, 0) is 89.7 Å². The molecule has 0 atom stereocenters. The number of carbonyl (C=O) groups is 2.